The molecule has 0 amide bonds. The first-order valence-corrected chi connectivity index (χ1v) is 4.58. The van der Waals surface area contributed by atoms with Gasteiger partial charge < -0.3 is 14.8 Å². The molecule has 0 saturated carbocycles. The van der Waals surface area contributed by atoms with Crippen LogP contribution in [0.1, 0.15) is 20.3 Å². The third kappa shape index (κ3) is 7.74. The number of hydrogen-bond acceptors (Lipinski definition) is 4. The first-order valence-electron chi connectivity index (χ1n) is 4.58. The maximum absolute atomic E-state index is 10.8. The molecule has 0 heterocycles. The molecule has 0 spiro atoms. The van der Waals surface area contributed by atoms with E-state index in [4.69, 9.17) is 4.74 Å². The molecule has 1 N–H and O–H groups in total. The Morgan fingerprint density at radius 2 is 2.23 bits per heavy atom. The van der Waals surface area contributed by atoms with E-state index in [1.807, 2.05) is 13.8 Å². The van der Waals surface area contributed by atoms with Crippen LogP contribution in [0.5, 0.6) is 0 Å². The van der Waals surface area contributed by atoms with Crippen molar-refractivity contribution in [2.45, 2.75) is 26.3 Å². The van der Waals surface area contributed by atoms with Gasteiger partial charge in [0.15, 0.2) is 0 Å². The van der Waals surface area contributed by atoms with E-state index in [0.29, 0.717) is 13.0 Å². The Kier molecular flexibility index (Phi) is 7.63. The first kappa shape index (κ1) is 12.4. The SMILES string of the molecule is CCOCCNC(C)CC(=O)OC. The van der Waals surface area contributed by atoms with E-state index in [0.717, 1.165) is 13.2 Å². The summed E-state index contributed by atoms with van der Waals surface area (Å²) in [5.41, 5.74) is 0. The maximum atomic E-state index is 10.8. The van der Waals surface area contributed by atoms with Gasteiger partial charge in [-0.1, -0.05) is 0 Å². The predicted molar refractivity (Wildman–Crippen MR) is 50.6 cm³/mol. The predicted octanol–water partition coefficient (Wildman–Crippen LogP) is 0.564. The van der Waals surface area contributed by atoms with Crippen molar-refractivity contribution in [3.63, 3.8) is 0 Å². The Morgan fingerprint density at radius 1 is 1.54 bits per heavy atom. The summed E-state index contributed by atoms with van der Waals surface area (Å²) in [6, 6.07) is 0.146. The molecule has 0 radical (unpaired) electrons. The number of rotatable bonds is 7. The molecule has 4 nitrogen and oxygen atoms in total. The van der Waals surface area contributed by atoms with E-state index >= 15 is 0 Å². The Balaban J connectivity index is 3.29. The van der Waals surface area contributed by atoms with E-state index in [2.05, 4.69) is 10.1 Å². The van der Waals surface area contributed by atoms with Crippen LogP contribution in [0.4, 0.5) is 0 Å². The van der Waals surface area contributed by atoms with Crippen LogP contribution in [0.15, 0.2) is 0 Å². The van der Waals surface area contributed by atoms with Crippen LogP contribution in [0, 0.1) is 0 Å². The van der Waals surface area contributed by atoms with E-state index in [1.54, 1.807) is 0 Å². The highest BCUT2D eigenvalue weighted by Crippen LogP contribution is 1.91. The zero-order valence-corrected chi connectivity index (χ0v) is 8.63. The molecule has 13 heavy (non-hydrogen) atoms. The normalized spacial score (nSPS) is 12.5. The van der Waals surface area contributed by atoms with Crippen molar-refractivity contribution < 1.29 is 14.3 Å². The lowest BCUT2D eigenvalue weighted by molar-refractivity contribution is -0.141. The molecule has 4 heteroatoms. The average molecular weight is 189 g/mol. The number of carbonyl (C=O) groups excluding carboxylic acids is 1. The lowest BCUT2D eigenvalue weighted by Crippen LogP contribution is -2.31. The number of nitrogens with one attached hydrogen (secondary N) is 1. The Hall–Kier alpha value is -0.610. The second-order valence-electron chi connectivity index (χ2n) is 2.83. The van der Waals surface area contributed by atoms with Crippen LogP contribution in [0.3, 0.4) is 0 Å². The number of hydrogen-bond donors (Lipinski definition) is 1. The van der Waals surface area contributed by atoms with Gasteiger partial charge in [-0.05, 0) is 13.8 Å². The minimum atomic E-state index is -0.184. The maximum Gasteiger partial charge on any atom is 0.307 e. The molecule has 0 fully saturated rings. The summed E-state index contributed by atoms with van der Waals surface area (Å²) in [6.45, 7) is 6.09. The summed E-state index contributed by atoms with van der Waals surface area (Å²) in [6.07, 6.45) is 0.405. The fraction of sp³-hybridized carbons (Fsp3) is 0.889. The van der Waals surface area contributed by atoms with Gasteiger partial charge >= 0.3 is 5.97 Å². The lowest BCUT2D eigenvalue weighted by atomic mass is 10.2. The molecule has 0 aliphatic carbocycles. The van der Waals surface area contributed by atoms with Crippen LogP contribution < -0.4 is 5.32 Å². The van der Waals surface area contributed by atoms with Crippen molar-refractivity contribution in [2.24, 2.45) is 0 Å². The molecule has 0 rings (SSSR count). The number of ether oxygens (including phenoxy) is 2. The Bertz CT molecular complexity index is 139. The van der Waals surface area contributed by atoms with Crippen molar-refractivity contribution >= 4 is 5.97 Å². The fourth-order valence-electron chi connectivity index (χ4n) is 0.927. The average Bonchev–Trinajstić information content (AvgIpc) is 2.12. The van der Waals surface area contributed by atoms with Crippen LogP contribution in [-0.2, 0) is 14.3 Å². The van der Waals surface area contributed by atoms with Crippen molar-refractivity contribution in [3.05, 3.63) is 0 Å². The molecule has 1 unspecified atom stereocenters. The largest absolute Gasteiger partial charge is 0.469 e. The van der Waals surface area contributed by atoms with Crippen LogP contribution in [0.2, 0.25) is 0 Å². The second kappa shape index (κ2) is 8.01. The molecule has 0 aromatic heterocycles. The van der Waals surface area contributed by atoms with Gasteiger partial charge in [-0.15, -0.1) is 0 Å². The summed E-state index contributed by atoms with van der Waals surface area (Å²) in [5, 5.41) is 3.16. The quantitative estimate of drug-likeness (QED) is 0.469. The van der Waals surface area contributed by atoms with Gasteiger partial charge in [-0.3, -0.25) is 4.79 Å². The van der Waals surface area contributed by atoms with Crippen molar-refractivity contribution in [3.8, 4) is 0 Å². The Morgan fingerprint density at radius 3 is 2.77 bits per heavy atom. The summed E-state index contributed by atoms with van der Waals surface area (Å²) in [4.78, 5) is 10.8. The van der Waals surface area contributed by atoms with E-state index in [1.165, 1.54) is 7.11 Å². The zero-order valence-electron chi connectivity index (χ0n) is 8.63. The van der Waals surface area contributed by atoms with Gasteiger partial charge in [-0.2, -0.15) is 0 Å². The summed E-state index contributed by atoms with van der Waals surface area (Å²) < 4.78 is 9.67. The molecule has 0 saturated heterocycles. The molecular weight excluding hydrogens is 170 g/mol. The Labute approximate surface area is 79.6 Å². The standard InChI is InChI=1S/C9H19NO3/c1-4-13-6-5-10-8(2)7-9(11)12-3/h8,10H,4-7H2,1-3H3. The van der Waals surface area contributed by atoms with Gasteiger partial charge in [0.1, 0.15) is 0 Å². The third-order valence-electron chi connectivity index (χ3n) is 1.64. The highest BCUT2D eigenvalue weighted by molar-refractivity contribution is 5.69. The van der Waals surface area contributed by atoms with Gasteiger partial charge in [0.2, 0.25) is 0 Å². The fourth-order valence-corrected chi connectivity index (χ4v) is 0.927. The molecule has 78 valence electrons. The molecule has 0 aromatic rings. The monoisotopic (exact) mass is 189 g/mol. The van der Waals surface area contributed by atoms with Crippen molar-refractivity contribution in [1.82, 2.24) is 5.32 Å². The summed E-state index contributed by atoms with van der Waals surface area (Å²) >= 11 is 0. The molecule has 0 aromatic carbocycles. The lowest BCUT2D eigenvalue weighted by Gasteiger charge is -2.11. The molecule has 1 atom stereocenters. The third-order valence-corrected chi connectivity index (χ3v) is 1.64. The van der Waals surface area contributed by atoms with Crippen LogP contribution >= 0.6 is 0 Å². The molecule has 0 aliphatic heterocycles. The highest BCUT2D eigenvalue weighted by atomic mass is 16.5. The van der Waals surface area contributed by atoms with E-state index < -0.39 is 0 Å². The second-order valence-corrected chi connectivity index (χ2v) is 2.83. The minimum absolute atomic E-state index is 0.146. The number of methoxy groups -OCH3 is 1. The first-order chi connectivity index (χ1) is 6.20. The van der Waals surface area contributed by atoms with Gasteiger partial charge in [0.05, 0.1) is 20.1 Å². The van der Waals surface area contributed by atoms with Crippen molar-refractivity contribution in [2.75, 3.05) is 26.9 Å². The van der Waals surface area contributed by atoms with Gasteiger partial charge in [-0.25, -0.2) is 0 Å². The van der Waals surface area contributed by atoms with Gasteiger partial charge in [0.25, 0.3) is 0 Å². The molecule has 0 bridgehead atoms. The van der Waals surface area contributed by atoms with E-state index in [9.17, 15) is 4.79 Å². The summed E-state index contributed by atoms with van der Waals surface area (Å²) in [7, 11) is 1.40. The number of esters is 1. The van der Waals surface area contributed by atoms with Crippen molar-refractivity contribution in [1.29, 1.82) is 0 Å². The topological polar surface area (TPSA) is 47.6 Å². The van der Waals surface area contributed by atoms with Crippen LogP contribution in [0.25, 0.3) is 0 Å². The zero-order chi connectivity index (χ0) is 10.1. The minimum Gasteiger partial charge on any atom is -0.469 e. The smallest absolute Gasteiger partial charge is 0.307 e. The number of carbonyl (C=O) groups is 1. The summed E-state index contributed by atoms with van der Waals surface area (Å²) in [5.74, 6) is -0.184. The van der Waals surface area contributed by atoms with Crippen LogP contribution in [-0.4, -0.2) is 38.9 Å². The molecule has 0 aliphatic rings. The highest BCUT2D eigenvalue weighted by Gasteiger charge is 2.07. The van der Waals surface area contributed by atoms with E-state index in [-0.39, 0.29) is 12.0 Å². The van der Waals surface area contributed by atoms with Gasteiger partial charge in [0, 0.05) is 19.2 Å². The molecular formula is C9H19NO3.